The second kappa shape index (κ2) is 6.22. The predicted octanol–water partition coefficient (Wildman–Crippen LogP) is 0.550. The van der Waals surface area contributed by atoms with E-state index in [2.05, 4.69) is 5.32 Å². The van der Waals surface area contributed by atoms with E-state index in [9.17, 15) is 9.59 Å². The monoisotopic (exact) mass is 261 g/mol. The van der Waals surface area contributed by atoms with Crippen molar-refractivity contribution in [2.45, 2.75) is 19.3 Å². The highest BCUT2D eigenvalue weighted by atomic mass is 16.2. The molecule has 0 spiro atoms. The first-order valence-corrected chi connectivity index (χ1v) is 6.54. The average molecular weight is 261 g/mol. The lowest BCUT2D eigenvalue weighted by Gasteiger charge is -2.18. The lowest BCUT2D eigenvalue weighted by Crippen LogP contribution is -2.37. The summed E-state index contributed by atoms with van der Waals surface area (Å²) in [6.07, 6.45) is 1.92. The van der Waals surface area contributed by atoms with Gasteiger partial charge in [0.05, 0.1) is 6.54 Å². The highest BCUT2D eigenvalue weighted by Crippen LogP contribution is 2.09. The maximum Gasteiger partial charge on any atom is 0.239 e. The Morgan fingerprint density at radius 2 is 2.05 bits per heavy atom. The van der Waals surface area contributed by atoms with Crippen LogP contribution in [0.1, 0.15) is 18.4 Å². The van der Waals surface area contributed by atoms with E-state index in [0.717, 1.165) is 17.7 Å². The summed E-state index contributed by atoms with van der Waals surface area (Å²) < 4.78 is 0. The van der Waals surface area contributed by atoms with Gasteiger partial charge < -0.3 is 16.0 Å². The van der Waals surface area contributed by atoms with E-state index in [0.29, 0.717) is 25.9 Å². The van der Waals surface area contributed by atoms with Gasteiger partial charge in [0.1, 0.15) is 0 Å². The number of amides is 2. The highest BCUT2D eigenvalue weighted by Gasteiger charge is 2.19. The van der Waals surface area contributed by atoms with Crippen LogP contribution < -0.4 is 11.1 Å². The molecule has 1 aromatic carbocycles. The Morgan fingerprint density at radius 3 is 2.79 bits per heavy atom. The van der Waals surface area contributed by atoms with Crippen molar-refractivity contribution in [1.82, 2.24) is 10.2 Å². The first-order valence-electron chi connectivity index (χ1n) is 6.54. The molecule has 1 heterocycles. The molecule has 1 fully saturated rings. The van der Waals surface area contributed by atoms with Gasteiger partial charge in [-0.2, -0.15) is 0 Å². The fourth-order valence-corrected chi connectivity index (χ4v) is 2.11. The summed E-state index contributed by atoms with van der Waals surface area (Å²) in [4.78, 5) is 25.1. The Morgan fingerprint density at radius 1 is 1.32 bits per heavy atom. The molecule has 5 heteroatoms. The number of anilines is 1. The van der Waals surface area contributed by atoms with E-state index in [1.54, 1.807) is 4.90 Å². The molecule has 1 aliphatic heterocycles. The largest absolute Gasteiger partial charge is 0.399 e. The van der Waals surface area contributed by atoms with Gasteiger partial charge in [0.15, 0.2) is 0 Å². The second-order valence-corrected chi connectivity index (χ2v) is 4.76. The molecule has 5 nitrogen and oxygen atoms in total. The minimum absolute atomic E-state index is 0.0360. The van der Waals surface area contributed by atoms with Crippen LogP contribution in [0.15, 0.2) is 24.3 Å². The summed E-state index contributed by atoms with van der Waals surface area (Å²) in [5, 5.41) is 2.76. The van der Waals surface area contributed by atoms with Crippen LogP contribution in [0.4, 0.5) is 5.69 Å². The van der Waals surface area contributed by atoms with Gasteiger partial charge in [-0.1, -0.05) is 12.1 Å². The molecule has 102 valence electrons. The molecule has 2 amide bonds. The minimum atomic E-state index is -0.0710. The smallest absolute Gasteiger partial charge is 0.239 e. The molecule has 1 aliphatic rings. The lowest BCUT2D eigenvalue weighted by atomic mass is 10.1. The number of carbonyl (C=O) groups is 2. The first kappa shape index (κ1) is 13.4. The summed E-state index contributed by atoms with van der Waals surface area (Å²) in [6.45, 7) is 1.49. The SMILES string of the molecule is Nc1ccc(CCC(=O)N2CCCNC(=O)C2)cc1. The van der Waals surface area contributed by atoms with Crippen molar-refractivity contribution in [3.8, 4) is 0 Å². The molecule has 0 radical (unpaired) electrons. The number of nitrogens with zero attached hydrogens (tertiary/aromatic N) is 1. The van der Waals surface area contributed by atoms with Crippen molar-refractivity contribution < 1.29 is 9.59 Å². The van der Waals surface area contributed by atoms with Crippen LogP contribution in [0.5, 0.6) is 0 Å². The average Bonchev–Trinajstić information content (AvgIpc) is 2.62. The van der Waals surface area contributed by atoms with E-state index in [-0.39, 0.29) is 18.4 Å². The normalized spacial score (nSPS) is 15.8. The van der Waals surface area contributed by atoms with Gasteiger partial charge in [-0.3, -0.25) is 9.59 Å². The molecule has 0 bridgehead atoms. The van der Waals surface area contributed by atoms with Gasteiger partial charge in [0.2, 0.25) is 11.8 Å². The van der Waals surface area contributed by atoms with Crippen molar-refractivity contribution in [3.63, 3.8) is 0 Å². The van der Waals surface area contributed by atoms with Crippen LogP contribution in [0, 0.1) is 0 Å². The molecular formula is C14H19N3O2. The fourth-order valence-electron chi connectivity index (χ4n) is 2.11. The number of rotatable bonds is 3. The number of carbonyl (C=O) groups excluding carboxylic acids is 2. The molecule has 2 rings (SSSR count). The minimum Gasteiger partial charge on any atom is -0.399 e. The summed E-state index contributed by atoms with van der Waals surface area (Å²) in [7, 11) is 0. The Balaban J connectivity index is 1.86. The number of nitrogen functional groups attached to an aromatic ring is 1. The second-order valence-electron chi connectivity index (χ2n) is 4.76. The molecule has 0 unspecified atom stereocenters. The molecule has 19 heavy (non-hydrogen) atoms. The molecule has 0 saturated carbocycles. The van der Waals surface area contributed by atoms with Gasteiger partial charge in [-0.25, -0.2) is 0 Å². The lowest BCUT2D eigenvalue weighted by molar-refractivity contribution is -0.135. The number of nitrogens with one attached hydrogen (secondary N) is 1. The van der Waals surface area contributed by atoms with Crippen molar-refractivity contribution in [2.75, 3.05) is 25.4 Å². The Kier molecular flexibility index (Phi) is 4.39. The van der Waals surface area contributed by atoms with E-state index >= 15 is 0 Å². The van der Waals surface area contributed by atoms with Gasteiger partial charge in [0.25, 0.3) is 0 Å². The van der Waals surface area contributed by atoms with Crippen LogP contribution in [0.25, 0.3) is 0 Å². The first-order chi connectivity index (χ1) is 9.15. The van der Waals surface area contributed by atoms with E-state index in [4.69, 9.17) is 5.73 Å². The molecular weight excluding hydrogens is 242 g/mol. The number of benzene rings is 1. The zero-order chi connectivity index (χ0) is 13.7. The number of hydrogen-bond acceptors (Lipinski definition) is 3. The van der Waals surface area contributed by atoms with E-state index in [1.807, 2.05) is 24.3 Å². The molecule has 0 aromatic heterocycles. The quantitative estimate of drug-likeness (QED) is 0.780. The van der Waals surface area contributed by atoms with Crippen LogP contribution in [-0.4, -0.2) is 36.3 Å². The number of hydrogen-bond donors (Lipinski definition) is 2. The summed E-state index contributed by atoms with van der Waals surface area (Å²) >= 11 is 0. The molecule has 0 atom stereocenters. The zero-order valence-electron chi connectivity index (χ0n) is 10.9. The van der Waals surface area contributed by atoms with Crippen molar-refractivity contribution in [3.05, 3.63) is 29.8 Å². The topological polar surface area (TPSA) is 75.4 Å². The van der Waals surface area contributed by atoms with E-state index in [1.165, 1.54) is 0 Å². The van der Waals surface area contributed by atoms with Crippen molar-refractivity contribution in [2.24, 2.45) is 0 Å². The number of nitrogens with two attached hydrogens (primary N) is 1. The molecule has 0 aliphatic carbocycles. The predicted molar refractivity (Wildman–Crippen MR) is 73.4 cm³/mol. The summed E-state index contributed by atoms with van der Waals surface area (Å²) in [5.74, 6) is -0.0350. The highest BCUT2D eigenvalue weighted by molar-refractivity contribution is 5.85. The van der Waals surface area contributed by atoms with Crippen molar-refractivity contribution in [1.29, 1.82) is 0 Å². The third-order valence-electron chi connectivity index (χ3n) is 3.22. The summed E-state index contributed by atoms with van der Waals surface area (Å²) in [6, 6.07) is 7.52. The van der Waals surface area contributed by atoms with Crippen LogP contribution in [0.2, 0.25) is 0 Å². The molecule has 1 saturated heterocycles. The van der Waals surface area contributed by atoms with Gasteiger partial charge in [0, 0.05) is 25.2 Å². The maximum atomic E-state index is 12.1. The van der Waals surface area contributed by atoms with Gasteiger partial charge >= 0.3 is 0 Å². The molecule has 3 N–H and O–H groups in total. The third-order valence-corrected chi connectivity index (χ3v) is 3.22. The van der Waals surface area contributed by atoms with Crippen molar-refractivity contribution >= 4 is 17.5 Å². The van der Waals surface area contributed by atoms with Crippen LogP contribution in [0.3, 0.4) is 0 Å². The van der Waals surface area contributed by atoms with Gasteiger partial charge in [-0.05, 0) is 30.5 Å². The summed E-state index contributed by atoms with van der Waals surface area (Å²) in [5.41, 5.74) is 7.42. The standard InChI is InChI=1S/C14H19N3O2/c15-12-5-2-11(3-6-12)4-7-14(19)17-9-1-8-16-13(18)10-17/h2-3,5-6H,1,4,7-10,15H2,(H,16,18). The fraction of sp³-hybridized carbons (Fsp3) is 0.429. The Labute approximate surface area is 112 Å². The van der Waals surface area contributed by atoms with Crippen LogP contribution in [-0.2, 0) is 16.0 Å². The van der Waals surface area contributed by atoms with Crippen LogP contribution >= 0.6 is 0 Å². The maximum absolute atomic E-state index is 12.1. The third kappa shape index (κ3) is 3.98. The molecule has 1 aromatic rings. The Bertz CT molecular complexity index is 456. The Hall–Kier alpha value is -2.04. The zero-order valence-corrected chi connectivity index (χ0v) is 10.9. The van der Waals surface area contributed by atoms with Gasteiger partial charge in [-0.15, -0.1) is 0 Å². The number of aryl methyl sites for hydroxylation is 1. The van der Waals surface area contributed by atoms with E-state index < -0.39 is 0 Å².